The Balaban J connectivity index is 2.11. The molecule has 2 rings (SSSR count). The number of amides is 2. The van der Waals surface area contributed by atoms with Crippen LogP contribution in [0.5, 0.6) is 0 Å². The lowest BCUT2D eigenvalue weighted by molar-refractivity contribution is -0.131. The van der Waals surface area contributed by atoms with E-state index in [1.807, 2.05) is 25.8 Å². The number of nitrogen functional groups attached to an aromatic ring is 1. The smallest absolute Gasteiger partial charge is 0.243 e. The van der Waals surface area contributed by atoms with Crippen LogP contribution < -0.4 is 16.4 Å². The molecule has 0 radical (unpaired) electrons. The van der Waals surface area contributed by atoms with Crippen LogP contribution in [0.15, 0.2) is 30.5 Å². The van der Waals surface area contributed by atoms with Gasteiger partial charge in [0.1, 0.15) is 11.9 Å². The number of aromatic nitrogens is 1. The summed E-state index contributed by atoms with van der Waals surface area (Å²) < 4.78 is 13.6. The first-order valence-electron chi connectivity index (χ1n) is 9.42. The number of hydrogen-bond acceptors (Lipinski definition) is 6. The second-order valence-corrected chi connectivity index (χ2v) is 8.36. The Morgan fingerprint density at radius 3 is 2.59 bits per heavy atom. The van der Waals surface area contributed by atoms with E-state index >= 15 is 0 Å². The number of carbonyl (C=O) groups excluding carboxylic acids is 2. The monoisotopic (exact) mass is 421 g/mol. The predicted molar refractivity (Wildman–Crippen MR) is 113 cm³/mol. The zero-order valence-corrected chi connectivity index (χ0v) is 17.9. The molecule has 0 unspecified atom stereocenters. The van der Waals surface area contributed by atoms with Crippen LogP contribution in [0.4, 0.5) is 9.52 Å². The van der Waals surface area contributed by atoms with Crippen molar-refractivity contribution in [3.05, 3.63) is 46.7 Å². The molecule has 0 aliphatic heterocycles. The van der Waals surface area contributed by atoms with Gasteiger partial charge in [0.05, 0.1) is 12.6 Å². The molecule has 2 aromatic rings. The number of benzene rings is 1. The summed E-state index contributed by atoms with van der Waals surface area (Å²) in [5, 5.41) is 6.03. The topological polar surface area (TPSA) is 100 Å². The number of thiazole rings is 1. The van der Waals surface area contributed by atoms with Crippen molar-refractivity contribution in [1.82, 2.24) is 20.5 Å². The van der Waals surface area contributed by atoms with Crippen LogP contribution in [-0.2, 0) is 22.6 Å². The van der Waals surface area contributed by atoms with Crippen molar-refractivity contribution in [2.75, 3.05) is 12.8 Å². The van der Waals surface area contributed by atoms with Gasteiger partial charge in [-0.15, -0.1) is 11.3 Å². The van der Waals surface area contributed by atoms with E-state index in [1.165, 1.54) is 23.5 Å². The van der Waals surface area contributed by atoms with E-state index in [9.17, 15) is 14.0 Å². The fraction of sp³-hybridized carbons (Fsp3) is 0.450. The maximum absolute atomic E-state index is 13.6. The summed E-state index contributed by atoms with van der Waals surface area (Å²) >= 11 is 1.28. The van der Waals surface area contributed by atoms with Gasteiger partial charge in [0, 0.05) is 23.5 Å². The van der Waals surface area contributed by atoms with E-state index < -0.39 is 12.1 Å². The molecule has 9 heteroatoms. The van der Waals surface area contributed by atoms with Gasteiger partial charge < -0.3 is 16.4 Å². The maximum Gasteiger partial charge on any atom is 0.243 e. The molecule has 2 atom stereocenters. The Kier molecular flexibility index (Phi) is 8.10. The summed E-state index contributed by atoms with van der Waals surface area (Å²) in [5.41, 5.74) is 6.23. The van der Waals surface area contributed by atoms with E-state index in [0.29, 0.717) is 10.7 Å². The van der Waals surface area contributed by atoms with Crippen LogP contribution >= 0.6 is 11.3 Å². The van der Waals surface area contributed by atoms with Crippen molar-refractivity contribution in [3.63, 3.8) is 0 Å². The highest BCUT2D eigenvalue weighted by molar-refractivity contribution is 7.15. The van der Waals surface area contributed by atoms with Gasteiger partial charge in [-0.1, -0.05) is 12.1 Å². The van der Waals surface area contributed by atoms with E-state index in [4.69, 9.17) is 5.73 Å². The summed E-state index contributed by atoms with van der Waals surface area (Å²) in [6, 6.07) is 4.92. The van der Waals surface area contributed by atoms with Crippen molar-refractivity contribution in [3.8, 4) is 0 Å². The summed E-state index contributed by atoms with van der Waals surface area (Å²) in [7, 11) is 1.85. The summed E-state index contributed by atoms with van der Waals surface area (Å²) in [4.78, 5) is 32.2. The lowest BCUT2D eigenvalue weighted by atomic mass is 10.0. The van der Waals surface area contributed by atoms with E-state index in [2.05, 4.69) is 15.6 Å². The Morgan fingerprint density at radius 2 is 2.00 bits per heavy atom. The molecule has 158 valence electrons. The number of nitrogens with one attached hydrogen (secondary N) is 2. The van der Waals surface area contributed by atoms with E-state index in [0.717, 1.165) is 4.88 Å². The Bertz CT molecular complexity index is 842. The molecule has 0 fully saturated rings. The molecule has 1 aromatic heterocycles. The fourth-order valence-electron chi connectivity index (χ4n) is 2.74. The van der Waals surface area contributed by atoms with E-state index in [-0.39, 0.29) is 36.6 Å². The first-order chi connectivity index (χ1) is 13.7. The number of carbonyl (C=O) groups is 2. The molecule has 0 bridgehead atoms. The second-order valence-electron chi connectivity index (χ2n) is 7.21. The van der Waals surface area contributed by atoms with Crippen LogP contribution in [0.1, 0.15) is 31.2 Å². The van der Waals surface area contributed by atoms with Crippen molar-refractivity contribution < 1.29 is 14.0 Å². The zero-order valence-electron chi connectivity index (χ0n) is 17.1. The lowest BCUT2D eigenvalue weighted by Crippen LogP contribution is -2.53. The third-order valence-electron chi connectivity index (χ3n) is 4.78. The molecule has 0 aliphatic rings. The highest BCUT2D eigenvalue weighted by atomic mass is 32.1. The van der Waals surface area contributed by atoms with Crippen LogP contribution in [0.3, 0.4) is 0 Å². The maximum atomic E-state index is 13.6. The third kappa shape index (κ3) is 6.79. The second kappa shape index (κ2) is 10.3. The van der Waals surface area contributed by atoms with Crippen molar-refractivity contribution in [2.45, 2.75) is 51.9 Å². The summed E-state index contributed by atoms with van der Waals surface area (Å²) in [5.74, 6) is -1.00. The Labute approximate surface area is 174 Å². The number of nitrogens with two attached hydrogens (primary N) is 1. The molecule has 0 spiro atoms. The number of likely N-dealkylation sites (N-methyl/N-ethyl adjacent to an activating group) is 1. The minimum atomic E-state index is -0.836. The third-order valence-corrected chi connectivity index (χ3v) is 5.60. The van der Waals surface area contributed by atoms with Crippen molar-refractivity contribution in [2.24, 2.45) is 0 Å². The molecule has 2 amide bonds. The van der Waals surface area contributed by atoms with Crippen molar-refractivity contribution >= 4 is 28.3 Å². The molecule has 1 heterocycles. The van der Waals surface area contributed by atoms with Crippen LogP contribution in [0, 0.1) is 5.82 Å². The molecule has 0 saturated heterocycles. The number of nitrogens with zero attached hydrogens (tertiary/aromatic N) is 2. The number of anilines is 1. The lowest BCUT2D eigenvalue weighted by Gasteiger charge is -2.29. The van der Waals surface area contributed by atoms with Crippen LogP contribution in [-0.4, -0.2) is 46.9 Å². The van der Waals surface area contributed by atoms with Crippen LogP contribution in [0.2, 0.25) is 0 Å². The number of hydrogen-bond donors (Lipinski definition) is 3. The Morgan fingerprint density at radius 1 is 1.28 bits per heavy atom. The average Bonchev–Trinajstić information content (AvgIpc) is 3.09. The van der Waals surface area contributed by atoms with Gasteiger partial charge in [-0.3, -0.25) is 14.5 Å². The van der Waals surface area contributed by atoms with Crippen LogP contribution in [0.25, 0.3) is 0 Å². The molecular weight excluding hydrogens is 393 g/mol. The number of rotatable bonds is 9. The molecule has 29 heavy (non-hydrogen) atoms. The normalized spacial score (nSPS) is 13.3. The average molecular weight is 422 g/mol. The first-order valence-corrected chi connectivity index (χ1v) is 10.2. The molecule has 4 N–H and O–H groups in total. The molecule has 7 nitrogen and oxygen atoms in total. The molecule has 0 aliphatic carbocycles. The van der Waals surface area contributed by atoms with Gasteiger partial charge in [-0.25, -0.2) is 9.37 Å². The molecular formula is C20H28FN5O2S. The molecule has 1 aromatic carbocycles. The summed E-state index contributed by atoms with van der Waals surface area (Å²) in [6.45, 7) is 6.01. The number of halogens is 1. The first kappa shape index (κ1) is 22.8. The van der Waals surface area contributed by atoms with Gasteiger partial charge in [0.2, 0.25) is 11.8 Å². The predicted octanol–water partition coefficient (Wildman–Crippen LogP) is 1.94. The minimum absolute atomic E-state index is 0.169. The fourth-order valence-corrected chi connectivity index (χ4v) is 3.36. The highest BCUT2D eigenvalue weighted by Crippen LogP contribution is 2.14. The SMILES string of the molecule is CC(C)N(C)[C@@H](C)C(=O)N[C@@H](Cc1cccc(F)c1)C(=O)NCc1cnc(N)s1. The van der Waals surface area contributed by atoms with Crippen molar-refractivity contribution in [1.29, 1.82) is 0 Å². The summed E-state index contributed by atoms with van der Waals surface area (Å²) in [6.07, 6.45) is 1.78. The highest BCUT2D eigenvalue weighted by Gasteiger charge is 2.26. The largest absolute Gasteiger partial charge is 0.375 e. The van der Waals surface area contributed by atoms with Gasteiger partial charge >= 0.3 is 0 Å². The molecule has 0 saturated carbocycles. The van der Waals surface area contributed by atoms with Gasteiger partial charge in [-0.05, 0) is 45.5 Å². The van der Waals surface area contributed by atoms with Gasteiger partial charge in [0.25, 0.3) is 0 Å². The zero-order chi connectivity index (χ0) is 21.6. The quantitative estimate of drug-likeness (QED) is 0.575. The van der Waals surface area contributed by atoms with Gasteiger partial charge in [0.15, 0.2) is 5.13 Å². The Hall–Kier alpha value is -2.52. The minimum Gasteiger partial charge on any atom is -0.375 e. The van der Waals surface area contributed by atoms with Gasteiger partial charge in [-0.2, -0.15) is 0 Å². The standard InChI is InChI=1S/C20H28FN5O2S/c1-12(2)26(4)13(3)18(27)25-17(9-14-6-5-7-15(21)8-14)19(28)23-10-16-11-24-20(22)29-16/h5-8,11-13,17H,9-10H2,1-4H3,(H2,22,24)(H,23,28)(H,25,27)/t13-,17-/m0/s1. The van der Waals surface area contributed by atoms with E-state index in [1.54, 1.807) is 25.3 Å².